The number of benzene rings is 2. The van der Waals surface area contributed by atoms with Crippen LogP contribution in [0.5, 0.6) is 0 Å². The van der Waals surface area contributed by atoms with E-state index in [-0.39, 0.29) is 10.6 Å². The van der Waals surface area contributed by atoms with Crippen LogP contribution in [0, 0.1) is 10.1 Å². The number of halogens is 2. The fraction of sp³-hybridized carbons (Fsp3) is 0.200. The maximum Gasteiger partial charge on any atom is 0.269 e. The lowest BCUT2D eigenvalue weighted by Crippen LogP contribution is -2.17. The van der Waals surface area contributed by atoms with Gasteiger partial charge < -0.3 is 4.90 Å². The molecule has 0 N–H and O–H groups in total. The third-order valence-electron chi connectivity index (χ3n) is 3.14. The molecular weight excluding hydrogens is 356 g/mol. The molecule has 0 unspecified atom stereocenters. The highest BCUT2D eigenvalue weighted by Crippen LogP contribution is 2.28. The van der Waals surface area contributed by atoms with Gasteiger partial charge in [-0.15, -0.1) is 0 Å². The molecule has 2 aromatic rings. The summed E-state index contributed by atoms with van der Waals surface area (Å²) < 4.78 is 0. The summed E-state index contributed by atoms with van der Waals surface area (Å²) in [5, 5.41) is 12.1. The fourth-order valence-corrected chi connectivity index (χ4v) is 2.82. The van der Waals surface area contributed by atoms with E-state index < -0.39 is 0 Å². The number of alkyl halides is 1. The second kappa shape index (κ2) is 6.91. The number of rotatable bonds is 5. The van der Waals surface area contributed by atoms with Gasteiger partial charge in [0.1, 0.15) is 0 Å². The Labute approximate surface area is 136 Å². The predicted octanol–water partition coefficient (Wildman–Crippen LogP) is 4.78. The second-order valence-corrected chi connectivity index (χ2v) is 5.69. The molecule has 21 heavy (non-hydrogen) atoms. The molecule has 0 spiro atoms. The number of anilines is 1. The molecule has 0 fully saturated rings. The average Bonchev–Trinajstić information content (AvgIpc) is 2.46. The van der Waals surface area contributed by atoms with Crippen LogP contribution in [0.1, 0.15) is 11.1 Å². The van der Waals surface area contributed by atoms with E-state index in [2.05, 4.69) is 15.9 Å². The van der Waals surface area contributed by atoms with Crippen molar-refractivity contribution in [2.75, 3.05) is 11.9 Å². The summed E-state index contributed by atoms with van der Waals surface area (Å²) in [6, 6.07) is 12.6. The summed E-state index contributed by atoms with van der Waals surface area (Å²) in [5.41, 5.74) is 3.03. The zero-order valence-electron chi connectivity index (χ0n) is 11.4. The van der Waals surface area contributed by atoms with Crippen LogP contribution in [-0.4, -0.2) is 12.0 Å². The molecular formula is C15H14BrClN2O2. The topological polar surface area (TPSA) is 46.4 Å². The summed E-state index contributed by atoms with van der Waals surface area (Å²) >= 11 is 9.37. The molecule has 4 nitrogen and oxygen atoms in total. The van der Waals surface area contributed by atoms with Gasteiger partial charge in [0.15, 0.2) is 0 Å². The Kier molecular flexibility index (Phi) is 5.20. The first kappa shape index (κ1) is 15.8. The highest BCUT2D eigenvalue weighted by atomic mass is 79.9. The summed E-state index contributed by atoms with van der Waals surface area (Å²) in [7, 11) is 1.95. The van der Waals surface area contributed by atoms with E-state index in [4.69, 9.17) is 11.6 Å². The number of nitro groups is 1. The Morgan fingerprint density at radius 3 is 2.67 bits per heavy atom. The number of nitrogens with zero attached hydrogens (tertiary/aromatic N) is 2. The molecule has 0 aliphatic carbocycles. The molecule has 0 aliphatic rings. The molecule has 2 aromatic carbocycles. The molecule has 0 saturated carbocycles. The number of hydrogen-bond donors (Lipinski definition) is 0. The molecule has 110 valence electrons. The predicted molar refractivity (Wildman–Crippen MR) is 89.3 cm³/mol. The smallest absolute Gasteiger partial charge is 0.269 e. The maximum absolute atomic E-state index is 10.8. The third kappa shape index (κ3) is 3.95. The zero-order valence-corrected chi connectivity index (χ0v) is 13.8. The second-order valence-electron chi connectivity index (χ2n) is 4.69. The van der Waals surface area contributed by atoms with Crippen LogP contribution in [0.15, 0.2) is 42.5 Å². The van der Waals surface area contributed by atoms with Gasteiger partial charge in [-0.3, -0.25) is 10.1 Å². The first-order valence-corrected chi connectivity index (χ1v) is 7.80. The summed E-state index contributed by atoms with van der Waals surface area (Å²) in [5.74, 6) is 0. The lowest BCUT2D eigenvalue weighted by molar-refractivity contribution is -0.384. The van der Waals surface area contributed by atoms with E-state index in [0.717, 1.165) is 16.8 Å². The number of non-ortho nitro benzene ring substituents is 1. The highest BCUT2D eigenvalue weighted by molar-refractivity contribution is 9.08. The molecule has 0 saturated heterocycles. The van der Waals surface area contributed by atoms with Crippen molar-refractivity contribution in [1.82, 2.24) is 0 Å². The fourth-order valence-electron chi connectivity index (χ4n) is 2.16. The Morgan fingerprint density at radius 2 is 2.05 bits per heavy atom. The zero-order chi connectivity index (χ0) is 15.4. The summed E-state index contributed by atoms with van der Waals surface area (Å²) in [6.45, 7) is 0.679. The molecule has 6 heteroatoms. The van der Waals surface area contributed by atoms with Crippen LogP contribution < -0.4 is 4.90 Å². The minimum Gasteiger partial charge on any atom is -0.370 e. The molecule has 0 atom stereocenters. The van der Waals surface area contributed by atoms with E-state index in [0.29, 0.717) is 16.9 Å². The van der Waals surface area contributed by atoms with Gasteiger partial charge in [-0.2, -0.15) is 0 Å². The van der Waals surface area contributed by atoms with Crippen LogP contribution in [-0.2, 0) is 11.9 Å². The Bertz CT molecular complexity index is 664. The van der Waals surface area contributed by atoms with E-state index in [1.54, 1.807) is 12.1 Å². The highest BCUT2D eigenvalue weighted by Gasteiger charge is 2.13. The molecule has 0 amide bonds. The molecule has 0 radical (unpaired) electrons. The van der Waals surface area contributed by atoms with Gasteiger partial charge in [-0.05, 0) is 29.3 Å². The number of nitro benzene ring substituents is 1. The van der Waals surface area contributed by atoms with Gasteiger partial charge >= 0.3 is 0 Å². The van der Waals surface area contributed by atoms with Crippen LogP contribution in [0.2, 0.25) is 5.02 Å². The largest absolute Gasteiger partial charge is 0.370 e. The third-order valence-corrected chi connectivity index (χ3v) is 3.98. The number of hydrogen-bond acceptors (Lipinski definition) is 3. The van der Waals surface area contributed by atoms with Crippen molar-refractivity contribution in [1.29, 1.82) is 0 Å². The molecule has 0 bridgehead atoms. The summed E-state index contributed by atoms with van der Waals surface area (Å²) in [4.78, 5) is 12.5. The van der Waals surface area contributed by atoms with Gasteiger partial charge in [-0.1, -0.05) is 39.7 Å². The van der Waals surface area contributed by atoms with Gasteiger partial charge in [0.25, 0.3) is 5.69 Å². The lowest BCUT2D eigenvalue weighted by Gasteiger charge is -2.22. The first-order valence-electron chi connectivity index (χ1n) is 6.30. The van der Waals surface area contributed by atoms with Crippen LogP contribution in [0.3, 0.4) is 0 Å². The van der Waals surface area contributed by atoms with Crippen molar-refractivity contribution in [3.05, 3.63) is 68.7 Å². The SMILES string of the molecule is CN(Cc1cccc(Cl)c1)c1ccc([N+](=O)[O-])cc1CBr. The van der Waals surface area contributed by atoms with Crippen molar-refractivity contribution in [3.8, 4) is 0 Å². The van der Waals surface area contributed by atoms with Crippen molar-refractivity contribution in [3.63, 3.8) is 0 Å². The molecule has 0 aromatic heterocycles. The lowest BCUT2D eigenvalue weighted by atomic mass is 10.1. The molecule has 0 heterocycles. The Morgan fingerprint density at radius 1 is 1.29 bits per heavy atom. The van der Waals surface area contributed by atoms with Gasteiger partial charge in [-0.25, -0.2) is 0 Å². The first-order chi connectivity index (χ1) is 10.0. The molecule has 2 rings (SSSR count). The van der Waals surface area contributed by atoms with E-state index in [9.17, 15) is 10.1 Å². The van der Waals surface area contributed by atoms with E-state index in [1.807, 2.05) is 36.2 Å². The van der Waals surface area contributed by atoms with Gasteiger partial charge in [0.05, 0.1) is 4.92 Å². The van der Waals surface area contributed by atoms with E-state index in [1.165, 1.54) is 6.07 Å². The molecule has 0 aliphatic heterocycles. The van der Waals surface area contributed by atoms with Gasteiger partial charge in [0, 0.05) is 41.8 Å². The monoisotopic (exact) mass is 368 g/mol. The average molecular weight is 370 g/mol. The minimum atomic E-state index is -0.382. The van der Waals surface area contributed by atoms with Gasteiger partial charge in [0.2, 0.25) is 0 Å². The van der Waals surface area contributed by atoms with Crippen LogP contribution >= 0.6 is 27.5 Å². The van der Waals surface area contributed by atoms with Crippen LogP contribution in [0.25, 0.3) is 0 Å². The van der Waals surface area contributed by atoms with Crippen molar-refractivity contribution in [2.24, 2.45) is 0 Å². The minimum absolute atomic E-state index is 0.101. The Hall–Kier alpha value is -1.59. The standard InChI is InChI=1S/C15H14BrClN2O2/c1-18(10-11-3-2-4-13(17)7-11)15-6-5-14(19(20)21)8-12(15)9-16/h2-8H,9-10H2,1H3. The van der Waals surface area contributed by atoms with Crippen molar-refractivity contribution in [2.45, 2.75) is 11.9 Å². The van der Waals surface area contributed by atoms with Crippen molar-refractivity contribution < 1.29 is 4.92 Å². The summed E-state index contributed by atoms with van der Waals surface area (Å²) in [6.07, 6.45) is 0. The van der Waals surface area contributed by atoms with Crippen LogP contribution in [0.4, 0.5) is 11.4 Å². The quantitative estimate of drug-likeness (QED) is 0.433. The maximum atomic E-state index is 10.8. The Balaban J connectivity index is 2.26. The normalized spacial score (nSPS) is 10.4. The van der Waals surface area contributed by atoms with E-state index >= 15 is 0 Å². The van der Waals surface area contributed by atoms with Crippen molar-refractivity contribution >= 4 is 38.9 Å².